The Morgan fingerprint density at radius 3 is 3.06 bits per heavy atom. The van der Waals surface area contributed by atoms with E-state index in [0.29, 0.717) is 6.42 Å². The SMILES string of the molecule is O=C(O)C1CCc2cc(-n3cnnn3)ccc21. The number of benzene rings is 1. The van der Waals surface area contributed by atoms with Gasteiger partial charge in [0.25, 0.3) is 0 Å². The van der Waals surface area contributed by atoms with Crippen molar-refractivity contribution in [2.24, 2.45) is 0 Å². The van der Waals surface area contributed by atoms with E-state index in [-0.39, 0.29) is 5.92 Å². The normalized spacial score (nSPS) is 18.0. The lowest BCUT2D eigenvalue weighted by Gasteiger charge is -2.07. The molecule has 0 radical (unpaired) electrons. The van der Waals surface area contributed by atoms with E-state index in [4.69, 9.17) is 5.11 Å². The average molecular weight is 230 g/mol. The summed E-state index contributed by atoms with van der Waals surface area (Å²) in [7, 11) is 0. The number of aryl methyl sites for hydroxylation is 1. The monoisotopic (exact) mass is 230 g/mol. The Hall–Kier alpha value is -2.24. The maximum atomic E-state index is 11.0. The molecule has 1 aromatic carbocycles. The van der Waals surface area contributed by atoms with Crippen molar-refractivity contribution in [3.05, 3.63) is 35.7 Å². The summed E-state index contributed by atoms with van der Waals surface area (Å²) in [6.07, 6.45) is 2.98. The number of carboxylic acids is 1. The van der Waals surface area contributed by atoms with E-state index >= 15 is 0 Å². The smallest absolute Gasteiger partial charge is 0.310 e. The van der Waals surface area contributed by atoms with Crippen molar-refractivity contribution in [3.63, 3.8) is 0 Å². The van der Waals surface area contributed by atoms with E-state index in [2.05, 4.69) is 15.5 Å². The highest BCUT2D eigenvalue weighted by Crippen LogP contribution is 2.34. The lowest BCUT2D eigenvalue weighted by molar-refractivity contribution is -0.138. The van der Waals surface area contributed by atoms with Gasteiger partial charge in [-0.25, -0.2) is 4.68 Å². The fraction of sp³-hybridized carbons (Fsp3) is 0.273. The number of hydrogen-bond donors (Lipinski definition) is 1. The first kappa shape index (κ1) is 9.95. The second kappa shape index (κ2) is 3.65. The highest BCUT2D eigenvalue weighted by Gasteiger charge is 2.28. The minimum atomic E-state index is -0.751. The second-order valence-electron chi connectivity index (χ2n) is 4.07. The molecule has 0 amide bonds. The zero-order valence-electron chi connectivity index (χ0n) is 8.95. The standard InChI is InChI=1S/C11H10N4O2/c16-11(17)10-3-1-7-5-8(2-4-9(7)10)15-6-12-13-14-15/h2,4-6,10H,1,3H2,(H,16,17). The molecule has 0 fully saturated rings. The van der Waals surface area contributed by atoms with Crippen LogP contribution in [-0.4, -0.2) is 31.3 Å². The fourth-order valence-corrected chi connectivity index (χ4v) is 2.28. The topological polar surface area (TPSA) is 80.9 Å². The summed E-state index contributed by atoms with van der Waals surface area (Å²) >= 11 is 0. The van der Waals surface area contributed by atoms with Crippen LogP contribution < -0.4 is 0 Å². The van der Waals surface area contributed by atoms with E-state index in [1.807, 2.05) is 18.2 Å². The molecule has 0 aliphatic heterocycles. The number of fused-ring (bicyclic) bond motifs is 1. The van der Waals surface area contributed by atoms with E-state index < -0.39 is 5.97 Å². The maximum absolute atomic E-state index is 11.0. The molecule has 1 N–H and O–H groups in total. The van der Waals surface area contributed by atoms with Crippen LogP contribution in [0.2, 0.25) is 0 Å². The Bertz CT molecular complexity index is 565. The van der Waals surface area contributed by atoms with Crippen LogP contribution in [-0.2, 0) is 11.2 Å². The van der Waals surface area contributed by atoms with Crippen LogP contribution in [0.4, 0.5) is 0 Å². The first-order chi connectivity index (χ1) is 8.25. The lowest BCUT2D eigenvalue weighted by atomic mass is 10.0. The summed E-state index contributed by atoms with van der Waals surface area (Å²) in [5.74, 6) is -1.12. The van der Waals surface area contributed by atoms with Crippen LogP contribution >= 0.6 is 0 Å². The van der Waals surface area contributed by atoms with Gasteiger partial charge in [0.2, 0.25) is 0 Å². The Labute approximate surface area is 96.9 Å². The van der Waals surface area contributed by atoms with E-state index in [1.165, 1.54) is 6.33 Å². The number of hydrogen-bond acceptors (Lipinski definition) is 4. The molecule has 0 saturated heterocycles. The molecule has 86 valence electrons. The Morgan fingerprint density at radius 1 is 1.47 bits per heavy atom. The molecular formula is C11H10N4O2. The summed E-state index contributed by atoms with van der Waals surface area (Å²) in [5.41, 5.74) is 2.85. The van der Waals surface area contributed by atoms with Crippen molar-refractivity contribution in [2.45, 2.75) is 18.8 Å². The highest BCUT2D eigenvalue weighted by molar-refractivity contribution is 5.78. The predicted octanol–water partition coefficient (Wildman–Crippen LogP) is 0.777. The fourth-order valence-electron chi connectivity index (χ4n) is 2.28. The van der Waals surface area contributed by atoms with Gasteiger partial charge in [0.1, 0.15) is 6.33 Å². The zero-order valence-corrected chi connectivity index (χ0v) is 8.95. The summed E-state index contributed by atoms with van der Waals surface area (Å²) in [6.45, 7) is 0. The van der Waals surface area contributed by atoms with Crippen molar-refractivity contribution in [2.75, 3.05) is 0 Å². The quantitative estimate of drug-likeness (QED) is 0.824. The van der Waals surface area contributed by atoms with Gasteiger partial charge in [0.05, 0.1) is 11.6 Å². The third kappa shape index (κ3) is 1.57. The maximum Gasteiger partial charge on any atom is 0.310 e. The Balaban J connectivity index is 2.02. The lowest BCUT2D eigenvalue weighted by Crippen LogP contribution is -2.07. The van der Waals surface area contributed by atoms with Crippen molar-refractivity contribution >= 4 is 5.97 Å². The number of aliphatic carboxylic acids is 1. The minimum absolute atomic E-state index is 0.368. The molecule has 0 bridgehead atoms. The first-order valence-electron chi connectivity index (χ1n) is 5.34. The van der Waals surface area contributed by atoms with Gasteiger partial charge in [0, 0.05) is 0 Å². The third-order valence-corrected chi connectivity index (χ3v) is 3.12. The summed E-state index contributed by atoms with van der Waals surface area (Å²) in [6, 6.07) is 5.66. The summed E-state index contributed by atoms with van der Waals surface area (Å²) < 4.78 is 1.56. The number of nitrogens with zero attached hydrogens (tertiary/aromatic N) is 4. The summed E-state index contributed by atoms with van der Waals surface area (Å²) in [4.78, 5) is 11.0. The van der Waals surface area contributed by atoms with Crippen LogP contribution in [0.3, 0.4) is 0 Å². The van der Waals surface area contributed by atoms with E-state index in [9.17, 15) is 4.79 Å². The zero-order chi connectivity index (χ0) is 11.8. The van der Waals surface area contributed by atoms with Crippen LogP contribution in [0.1, 0.15) is 23.5 Å². The average Bonchev–Trinajstić information content (AvgIpc) is 2.97. The highest BCUT2D eigenvalue weighted by atomic mass is 16.4. The van der Waals surface area contributed by atoms with Crippen molar-refractivity contribution in [3.8, 4) is 5.69 Å². The molecule has 0 spiro atoms. The van der Waals surface area contributed by atoms with Gasteiger partial charge in [-0.2, -0.15) is 0 Å². The molecule has 1 aliphatic rings. The van der Waals surface area contributed by atoms with Crippen molar-refractivity contribution in [1.29, 1.82) is 0 Å². The van der Waals surface area contributed by atoms with Crippen LogP contribution in [0.15, 0.2) is 24.5 Å². The minimum Gasteiger partial charge on any atom is -0.481 e. The number of aromatic nitrogens is 4. The number of rotatable bonds is 2. The van der Waals surface area contributed by atoms with Gasteiger partial charge in [-0.3, -0.25) is 4.79 Å². The molecule has 6 heteroatoms. The molecule has 3 rings (SSSR count). The number of tetrazole rings is 1. The van der Waals surface area contributed by atoms with Gasteiger partial charge < -0.3 is 5.11 Å². The Kier molecular flexibility index (Phi) is 2.14. The molecule has 1 aromatic heterocycles. The number of carboxylic acid groups (broad SMARTS) is 1. The van der Waals surface area contributed by atoms with Gasteiger partial charge in [-0.1, -0.05) is 6.07 Å². The van der Waals surface area contributed by atoms with Crippen molar-refractivity contribution < 1.29 is 9.90 Å². The molecular weight excluding hydrogens is 220 g/mol. The molecule has 1 aliphatic carbocycles. The van der Waals surface area contributed by atoms with Gasteiger partial charge in [-0.05, 0) is 46.5 Å². The molecule has 1 unspecified atom stereocenters. The first-order valence-corrected chi connectivity index (χ1v) is 5.34. The van der Waals surface area contributed by atoms with E-state index in [1.54, 1.807) is 4.68 Å². The number of carbonyl (C=O) groups is 1. The molecule has 2 aromatic rings. The van der Waals surface area contributed by atoms with E-state index in [0.717, 1.165) is 23.2 Å². The van der Waals surface area contributed by atoms with Crippen LogP contribution in [0, 0.1) is 0 Å². The molecule has 1 heterocycles. The van der Waals surface area contributed by atoms with Crippen LogP contribution in [0.5, 0.6) is 0 Å². The molecule has 17 heavy (non-hydrogen) atoms. The van der Waals surface area contributed by atoms with Crippen molar-refractivity contribution in [1.82, 2.24) is 20.2 Å². The third-order valence-electron chi connectivity index (χ3n) is 3.12. The molecule has 0 saturated carbocycles. The Morgan fingerprint density at radius 2 is 2.35 bits per heavy atom. The largest absolute Gasteiger partial charge is 0.481 e. The second-order valence-corrected chi connectivity index (χ2v) is 4.07. The van der Waals surface area contributed by atoms with Gasteiger partial charge >= 0.3 is 5.97 Å². The molecule has 1 atom stereocenters. The van der Waals surface area contributed by atoms with Crippen LogP contribution in [0.25, 0.3) is 5.69 Å². The summed E-state index contributed by atoms with van der Waals surface area (Å²) in [5, 5.41) is 20.0. The van der Waals surface area contributed by atoms with Gasteiger partial charge in [0.15, 0.2) is 0 Å². The molecule has 6 nitrogen and oxygen atoms in total. The van der Waals surface area contributed by atoms with Gasteiger partial charge in [-0.15, -0.1) is 5.10 Å². The predicted molar refractivity (Wildman–Crippen MR) is 57.9 cm³/mol.